The summed E-state index contributed by atoms with van der Waals surface area (Å²) in [5.74, 6) is 5.24. The van der Waals surface area contributed by atoms with Crippen LogP contribution in [0.5, 0.6) is 0 Å². The molecule has 2 aliphatic rings. The van der Waals surface area contributed by atoms with Crippen LogP contribution < -0.4 is 11.5 Å². The van der Waals surface area contributed by atoms with Crippen LogP contribution in [-0.4, -0.2) is 12.1 Å². The molecule has 23 heavy (non-hydrogen) atoms. The average molecular weight is 323 g/mol. The van der Waals surface area contributed by atoms with Gasteiger partial charge in [-0.1, -0.05) is 53.4 Å². The van der Waals surface area contributed by atoms with E-state index in [1.54, 1.807) is 0 Å². The van der Waals surface area contributed by atoms with E-state index in [0.717, 1.165) is 35.5 Å². The topological polar surface area (TPSA) is 52.0 Å². The first-order chi connectivity index (χ1) is 11.0. The van der Waals surface area contributed by atoms with E-state index in [2.05, 4.69) is 27.7 Å². The van der Waals surface area contributed by atoms with Gasteiger partial charge in [0, 0.05) is 12.1 Å². The molecule has 0 aromatic heterocycles. The third kappa shape index (κ3) is 4.51. The lowest BCUT2D eigenvalue weighted by atomic mass is 9.59. The third-order valence-electron chi connectivity index (χ3n) is 7.49. The van der Waals surface area contributed by atoms with Crippen molar-refractivity contribution in [1.29, 1.82) is 0 Å². The second kappa shape index (κ2) is 8.85. The summed E-state index contributed by atoms with van der Waals surface area (Å²) in [6.45, 7) is 9.53. The van der Waals surface area contributed by atoms with E-state index in [1.165, 1.54) is 57.8 Å². The molecule has 136 valence electrons. The smallest absolute Gasteiger partial charge is 0.00443 e. The Morgan fingerprint density at radius 2 is 0.826 bits per heavy atom. The van der Waals surface area contributed by atoms with Gasteiger partial charge in [0.05, 0.1) is 0 Å². The molecular formula is C21H42N2. The monoisotopic (exact) mass is 322 g/mol. The van der Waals surface area contributed by atoms with Crippen molar-refractivity contribution >= 4 is 0 Å². The molecule has 0 saturated heterocycles. The molecule has 0 spiro atoms. The Kier molecular flexibility index (Phi) is 7.41. The number of rotatable bonds is 6. The minimum absolute atomic E-state index is 0.449. The Hall–Kier alpha value is -0.0800. The molecule has 2 aliphatic carbocycles. The fourth-order valence-corrected chi connectivity index (χ4v) is 6.18. The summed E-state index contributed by atoms with van der Waals surface area (Å²) < 4.78 is 0. The molecule has 0 aromatic rings. The van der Waals surface area contributed by atoms with Gasteiger partial charge in [0.1, 0.15) is 0 Å². The predicted molar refractivity (Wildman–Crippen MR) is 101 cm³/mol. The van der Waals surface area contributed by atoms with Gasteiger partial charge < -0.3 is 11.5 Å². The third-order valence-corrected chi connectivity index (χ3v) is 7.49. The largest absolute Gasteiger partial charge is 0.328 e. The van der Waals surface area contributed by atoms with Gasteiger partial charge >= 0.3 is 0 Å². The van der Waals surface area contributed by atoms with Crippen LogP contribution in [0.2, 0.25) is 0 Å². The first-order valence-corrected chi connectivity index (χ1v) is 10.5. The molecular weight excluding hydrogens is 280 g/mol. The van der Waals surface area contributed by atoms with Crippen molar-refractivity contribution < 1.29 is 0 Å². The van der Waals surface area contributed by atoms with Crippen LogP contribution in [0.25, 0.3) is 0 Å². The first kappa shape index (κ1) is 19.2. The van der Waals surface area contributed by atoms with E-state index in [0.29, 0.717) is 12.1 Å². The van der Waals surface area contributed by atoms with Crippen molar-refractivity contribution in [1.82, 2.24) is 0 Å². The highest BCUT2D eigenvalue weighted by atomic mass is 14.7. The van der Waals surface area contributed by atoms with Crippen LogP contribution in [-0.2, 0) is 0 Å². The lowest BCUT2D eigenvalue weighted by Gasteiger charge is -2.47. The standard InChI is InChI=1S/C21H42N2/c1-5-14-9-18(22)10-15(6-2)20(14)13-21-16(7-3)11-19(23)12-17(21)8-4/h14-21H,5-13,22-23H2,1-4H3. The molecule has 4 N–H and O–H groups in total. The van der Waals surface area contributed by atoms with Crippen molar-refractivity contribution in [2.24, 2.45) is 47.0 Å². The molecule has 0 heterocycles. The van der Waals surface area contributed by atoms with Crippen LogP contribution in [0.1, 0.15) is 85.5 Å². The van der Waals surface area contributed by atoms with Crippen molar-refractivity contribution in [3.05, 3.63) is 0 Å². The molecule has 4 unspecified atom stereocenters. The summed E-state index contributed by atoms with van der Waals surface area (Å²) in [5, 5.41) is 0. The minimum Gasteiger partial charge on any atom is -0.328 e. The normalized spacial score (nSPS) is 45.1. The van der Waals surface area contributed by atoms with Gasteiger partial charge in [-0.05, 0) is 67.6 Å². The highest BCUT2D eigenvalue weighted by Crippen LogP contribution is 2.48. The Bertz CT molecular complexity index is 283. The molecule has 2 nitrogen and oxygen atoms in total. The van der Waals surface area contributed by atoms with Crippen LogP contribution in [0.3, 0.4) is 0 Å². The maximum atomic E-state index is 6.37. The van der Waals surface area contributed by atoms with Gasteiger partial charge in [0.2, 0.25) is 0 Å². The maximum Gasteiger partial charge on any atom is 0.00443 e. The fourth-order valence-electron chi connectivity index (χ4n) is 6.18. The zero-order chi connectivity index (χ0) is 17.0. The molecule has 0 amide bonds. The molecule has 2 fully saturated rings. The van der Waals surface area contributed by atoms with Gasteiger partial charge in [-0.3, -0.25) is 0 Å². The number of hydrogen-bond acceptors (Lipinski definition) is 2. The lowest BCUT2D eigenvalue weighted by molar-refractivity contribution is 0.0432. The van der Waals surface area contributed by atoms with E-state index < -0.39 is 0 Å². The summed E-state index contributed by atoms with van der Waals surface area (Å²) >= 11 is 0. The second-order valence-corrected chi connectivity index (χ2v) is 8.70. The fraction of sp³-hybridized carbons (Fsp3) is 1.00. The van der Waals surface area contributed by atoms with Gasteiger partial charge in [-0.25, -0.2) is 0 Å². The number of nitrogens with two attached hydrogens (primary N) is 2. The van der Waals surface area contributed by atoms with Crippen LogP contribution in [0.4, 0.5) is 0 Å². The van der Waals surface area contributed by atoms with E-state index in [1.807, 2.05) is 0 Å². The van der Waals surface area contributed by atoms with E-state index >= 15 is 0 Å². The zero-order valence-corrected chi connectivity index (χ0v) is 16.1. The quantitative estimate of drug-likeness (QED) is 0.726. The second-order valence-electron chi connectivity index (χ2n) is 8.70. The summed E-state index contributed by atoms with van der Waals surface area (Å²) in [6, 6.07) is 0.898. The van der Waals surface area contributed by atoms with Crippen molar-refractivity contribution in [3.8, 4) is 0 Å². The molecule has 2 saturated carbocycles. The molecule has 0 aliphatic heterocycles. The molecule has 4 atom stereocenters. The van der Waals surface area contributed by atoms with Crippen LogP contribution in [0.15, 0.2) is 0 Å². The van der Waals surface area contributed by atoms with Crippen LogP contribution >= 0.6 is 0 Å². The van der Waals surface area contributed by atoms with E-state index in [4.69, 9.17) is 11.5 Å². The molecule has 0 aromatic carbocycles. The van der Waals surface area contributed by atoms with Crippen LogP contribution in [0, 0.1) is 35.5 Å². The highest BCUT2D eigenvalue weighted by Gasteiger charge is 2.41. The Labute approximate surface area is 145 Å². The molecule has 2 heteroatoms. The predicted octanol–water partition coefficient (Wildman–Crippen LogP) is 4.96. The highest BCUT2D eigenvalue weighted by molar-refractivity contribution is 4.93. The molecule has 0 bridgehead atoms. The van der Waals surface area contributed by atoms with Gasteiger partial charge in [-0.15, -0.1) is 0 Å². The van der Waals surface area contributed by atoms with E-state index in [9.17, 15) is 0 Å². The first-order valence-electron chi connectivity index (χ1n) is 10.5. The van der Waals surface area contributed by atoms with Crippen molar-refractivity contribution in [2.45, 2.75) is 97.6 Å². The maximum absolute atomic E-state index is 6.37. The summed E-state index contributed by atoms with van der Waals surface area (Å²) in [4.78, 5) is 0. The Balaban J connectivity index is 2.14. The van der Waals surface area contributed by atoms with E-state index in [-0.39, 0.29) is 0 Å². The number of hydrogen-bond donors (Lipinski definition) is 2. The average Bonchev–Trinajstić information content (AvgIpc) is 2.56. The Morgan fingerprint density at radius 1 is 0.565 bits per heavy atom. The molecule has 2 rings (SSSR count). The van der Waals surface area contributed by atoms with Gasteiger partial charge in [0.15, 0.2) is 0 Å². The zero-order valence-electron chi connectivity index (χ0n) is 16.1. The minimum atomic E-state index is 0.449. The molecule has 0 radical (unpaired) electrons. The summed E-state index contributed by atoms with van der Waals surface area (Å²) in [7, 11) is 0. The summed E-state index contributed by atoms with van der Waals surface area (Å²) in [5.41, 5.74) is 12.7. The summed E-state index contributed by atoms with van der Waals surface area (Å²) in [6.07, 6.45) is 11.8. The SMILES string of the molecule is CCC1CC(N)CC(CC)C1CC1C(CC)CC(N)CC1CC. The Morgan fingerprint density at radius 3 is 1.04 bits per heavy atom. The van der Waals surface area contributed by atoms with Gasteiger partial charge in [-0.2, -0.15) is 0 Å². The lowest BCUT2D eigenvalue weighted by Crippen LogP contribution is -2.44. The van der Waals surface area contributed by atoms with Crippen molar-refractivity contribution in [2.75, 3.05) is 0 Å². The van der Waals surface area contributed by atoms with Gasteiger partial charge in [0.25, 0.3) is 0 Å². The van der Waals surface area contributed by atoms with Crippen molar-refractivity contribution in [3.63, 3.8) is 0 Å².